The smallest absolute Gasteiger partial charge is 0.262 e. The van der Waals surface area contributed by atoms with Crippen LogP contribution >= 0.6 is 22.9 Å². The summed E-state index contributed by atoms with van der Waals surface area (Å²) in [5.41, 5.74) is 0.787. The SMILES string of the molecule is COc1cc(-c2ccc(C(=O)N[C@H](C(=O)N3C[C@H](Cl)[C@H]4OCC(=O)[C@H]43)C3CCCC3)s2)cnn1. The lowest BCUT2D eigenvalue weighted by Gasteiger charge is -2.30. The number of likely N-dealkylation sites (tertiary alicyclic amines) is 1. The maximum atomic E-state index is 13.6. The average molecular weight is 505 g/mol. The van der Waals surface area contributed by atoms with Gasteiger partial charge in [-0.05, 0) is 30.9 Å². The van der Waals surface area contributed by atoms with E-state index in [-0.39, 0.29) is 36.7 Å². The van der Waals surface area contributed by atoms with Crippen LogP contribution in [-0.2, 0) is 14.3 Å². The van der Waals surface area contributed by atoms with Crippen LogP contribution in [0.1, 0.15) is 35.4 Å². The van der Waals surface area contributed by atoms with Gasteiger partial charge in [0, 0.05) is 23.1 Å². The molecule has 0 unspecified atom stereocenters. The van der Waals surface area contributed by atoms with Gasteiger partial charge in [0.1, 0.15) is 24.8 Å². The molecule has 2 aromatic heterocycles. The first-order valence-electron chi connectivity index (χ1n) is 11.3. The number of nitrogens with zero attached hydrogens (tertiary/aromatic N) is 3. The van der Waals surface area contributed by atoms with Crippen molar-refractivity contribution in [3.63, 3.8) is 0 Å². The van der Waals surface area contributed by atoms with Crippen molar-refractivity contribution >= 4 is 40.5 Å². The van der Waals surface area contributed by atoms with E-state index in [0.717, 1.165) is 36.1 Å². The van der Waals surface area contributed by atoms with E-state index in [0.29, 0.717) is 10.8 Å². The van der Waals surface area contributed by atoms with Crippen molar-refractivity contribution in [1.29, 1.82) is 0 Å². The molecule has 1 saturated carbocycles. The first-order chi connectivity index (χ1) is 16.5. The van der Waals surface area contributed by atoms with Crippen LogP contribution in [-0.4, -0.2) is 76.5 Å². The Morgan fingerprint density at radius 2 is 2.12 bits per heavy atom. The molecule has 3 fully saturated rings. The molecule has 0 spiro atoms. The summed E-state index contributed by atoms with van der Waals surface area (Å²) in [6.07, 6.45) is 4.85. The second-order valence-corrected chi connectivity index (χ2v) is 10.5. The van der Waals surface area contributed by atoms with E-state index >= 15 is 0 Å². The molecule has 1 N–H and O–H groups in total. The van der Waals surface area contributed by atoms with E-state index in [1.54, 1.807) is 18.3 Å². The van der Waals surface area contributed by atoms with Gasteiger partial charge < -0.3 is 19.7 Å². The molecular weight excluding hydrogens is 480 g/mol. The van der Waals surface area contributed by atoms with E-state index in [2.05, 4.69) is 15.5 Å². The van der Waals surface area contributed by atoms with Crippen molar-refractivity contribution < 1.29 is 23.9 Å². The van der Waals surface area contributed by atoms with E-state index in [1.807, 2.05) is 6.07 Å². The van der Waals surface area contributed by atoms with Crippen LogP contribution in [0.3, 0.4) is 0 Å². The van der Waals surface area contributed by atoms with Gasteiger partial charge in [-0.2, -0.15) is 5.10 Å². The second kappa shape index (κ2) is 9.59. The fourth-order valence-electron chi connectivity index (χ4n) is 5.08. The first kappa shape index (κ1) is 23.2. The zero-order valence-electron chi connectivity index (χ0n) is 18.6. The molecule has 4 atom stereocenters. The van der Waals surface area contributed by atoms with Gasteiger partial charge in [-0.25, -0.2) is 0 Å². The van der Waals surface area contributed by atoms with Gasteiger partial charge >= 0.3 is 0 Å². The Morgan fingerprint density at radius 1 is 1.32 bits per heavy atom. The summed E-state index contributed by atoms with van der Waals surface area (Å²) in [5.74, 6) is -0.299. The molecule has 180 valence electrons. The summed E-state index contributed by atoms with van der Waals surface area (Å²) < 4.78 is 10.6. The molecule has 3 aliphatic rings. The first-order valence-corrected chi connectivity index (χ1v) is 12.6. The normalized spacial score (nSPS) is 25.4. The van der Waals surface area contributed by atoms with Gasteiger partial charge in [0.15, 0.2) is 5.78 Å². The molecule has 1 aliphatic carbocycles. The van der Waals surface area contributed by atoms with Crippen LogP contribution in [0.4, 0.5) is 0 Å². The van der Waals surface area contributed by atoms with Crippen LogP contribution < -0.4 is 10.1 Å². The number of nitrogens with one attached hydrogen (secondary N) is 1. The van der Waals surface area contributed by atoms with Gasteiger partial charge in [0.25, 0.3) is 5.91 Å². The maximum absolute atomic E-state index is 13.6. The number of alkyl halides is 1. The van der Waals surface area contributed by atoms with Gasteiger partial charge in [-0.3, -0.25) is 14.4 Å². The minimum atomic E-state index is -0.709. The molecular formula is C23H25ClN4O5S. The lowest BCUT2D eigenvalue weighted by Crippen LogP contribution is -2.54. The standard InChI is InChI=1S/C23H25ClN4O5S/c1-32-18-8-13(9-25-27-18)16-6-7-17(34-16)22(30)26-19(12-4-2-3-5-12)23(31)28-10-14(24)21-20(28)15(29)11-33-21/h6-9,12,14,19-21H,2-5,10-11H2,1H3,(H,26,30)/t14-,19-,20+,21+/m0/s1. The molecule has 0 aromatic carbocycles. The van der Waals surface area contributed by atoms with Crippen LogP contribution in [0.25, 0.3) is 10.4 Å². The summed E-state index contributed by atoms with van der Waals surface area (Å²) in [5, 5.41) is 10.3. The Hall–Kier alpha value is -2.56. The number of Topliss-reactive ketones (excluding diaryl/α,β-unsaturated/α-hetero) is 1. The summed E-state index contributed by atoms with van der Waals surface area (Å²) >= 11 is 7.69. The Kier molecular flexibility index (Phi) is 6.54. The second-order valence-electron chi connectivity index (χ2n) is 8.84. The van der Waals surface area contributed by atoms with E-state index < -0.39 is 23.6 Å². The number of aromatic nitrogens is 2. The lowest BCUT2D eigenvalue weighted by molar-refractivity contribution is -0.139. The number of ketones is 1. The molecule has 4 heterocycles. The molecule has 2 amide bonds. The highest BCUT2D eigenvalue weighted by Gasteiger charge is 2.53. The summed E-state index contributed by atoms with van der Waals surface area (Å²) in [6.45, 7) is 0.204. The summed E-state index contributed by atoms with van der Waals surface area (Å²) in [6, 6.07) is 3.93. The molecule has 0 bridgehead atoms. The Morgan fingerprint density at radius 3 is 2.88 bits per heavy atom. The zero-order chi connectivity index (χ0) is 23.8. The van der Waals surface area contributed by atoms with Crippen molar-refractivity contribution in [3.8, 4) is 16.3 Å². The number of ether oxygens (including phenoxy) is 2. The monoisotopic (exact) mass is 504 g/mol. The van der Waals surface area contributed by atoms with Gasteiger partial charge in [0.05, 0.1) is 23.6 Å². The number of hydrogen-bond acceptors (Lipinski definition) is 8. The third-order valence-corrected chi connectivity index (χ3v) is 8.30. The van der Waals surface area contributed by atoms with Crippen molar-refractivity contribution in [2.45, 2.75) is 49.2 Å². The summed E-state index contributed by atoms with van der Waals surface area (Å²) in [7, 11) is 1.52. The summed E-state index contributed by atoms with van der Waals surface area (Å²) in [4.78, 5) is 42.1. The zero-order valence-corrected chi connectivity index (χ0v) is 20.2. The molecule has 2 saturated heterocycles. The third kappa shape index (κ3) is 4.30. The molecule has 5 rings (SSSR count). The van der Waals surface area contributed by atoms with Crippen LogP contribution in [0, 0.1) is 5.92 Å². The number of rotatable bonds is 6. The van der Waals surface area contributed by atoms with Gasteiger partial charge in [-0.15, -0.1) is 28.0 Å². The van der Waals surface area contributed by atoms with Crippen molar-refractivity contribution in [3.05, 3.63) is 29.3 Å². The van der Waals surface area contributed by atoms with E-state index in [1.165, 1.54) is 23.3 Å². The predicted molar refractivity (Wildman–Crippen MR) is 125 cm³/mol. The third-order valence-electron chi connectivity index (χ3n) is 6.78. The molecule has 2 aromatic rings. The fraction of sp³-hybridized carbons (Fsp3) is 0.522. The van der Waals surface area contributed by atoms with E-state index in [4.69, 9.17) is 21.1 Å². The number of carbonyl (C=O) groups excluding carboxylic acids is 3. The molecule has 0 radical (unpaired) electrons. The maximum Gasteiger partial charge on any atom is 0.262 e. The predicted octanol–water partition coefficient (Wildman–Crippen LogP) is 2.29. The quantitative estimate of drug-likeness (QED) is 0.601. The number of methoxy groups -OCH3 is 1. The number of halogens is 1. The highest BCUT2D eigenvalue weighted by Crippen LogP contribution is 2.35. The molecule has 34 heavy (non-hydrogen) atoms. The average Bonchev–Trinajstić information content (AvgIpc) is 3.64. The minimum absolute atomic E-state index is 0.0230. The Balaban J connectivity index is 1.35. The number of amides is 2. The number of fused-ring (bicyclic) bond motifs is 1. The van der Waals surface area contributed by atoms with Crippen molar-refractivity contribution in [2.75, 3.05) is 20.3 Å². The Labute approximate surface area is 205 Å². The van der Waals surface area contributed by atoms with Crippen LogP contribution in [0.15, 0.2) is 24.4 Å². The highest BCUT2D eigenvalue weighted by atomic mass is 35.5. The van der Waals surface area contributed by atoms with E-state index in [9.17, 15) is 14.4 Å². The molecule has 9 nitrogen and oxygen atoms in total. The lowest BCUT2D eigenvalue weighted by atomic mass is 9.96. The number of hydrogen-bond donors (Lipinski definition) is 1. The number of carbonyl (C=O) groups is 3. The van der Waals surface area contributed by atoms with Gasteiger partial charge in [-0.1, -0.05) is 12.8 Å². The van der Waals surface area contributed by atoms with Crippen molar-refractivity contribution in [2.24, 2.45) is 5.92 Å². The molecule has 2 aliphatic heterocycles. The fourth-order valence-corrected chi connectivity index (χ4v) is 6.33. The van der Waals surface area contributed by atoms with Gasteiger partial charge in [0.2, 0.25) is 11.8 Å². The number of thiophene rings is 1. The highest BCUT2D eigenvalue weighted by molar-refractivity contribution is 7.17. The molecule has 11 heteroatoms. The Bertz CT molecular complexity index is 1100. The van der Waals surface area contributed by atoms with Crippen LogP contribution in [0.2, 0.25) is 0 Å². The topological polar surface area (TPSA) is 111 Å². The van der Waals surface area contributed by atoms with Crippen LogP contribution in [0.5, 0.6) is 5.88 Å². The van der Waals surface area contributed by atoms with Crippen molar-refractivity contribution in [1.82, 2.24) is 20.4 Å². The largest absolute Gasteiger partial charge is 0.480 e. The minimum Gasteiger partial charge on any atom is -0.480 e.